The number of H-pyrrole nitrogens is 2. The summed E-state index contributed by atoms with van der Waals surface area (Å²) >= 11 is 0. The van der Waals surface area contributed by atoms with Crippen LogP contribution in [0.4, 0.5) is 14.9 Å². The molecule has 1 fully saturated rings. The number of hydrogen-bond donors (Lipinski definition) is 3. The van der Waals surface area contributed by atoms with Crippen LogP contribution >= 0.6 is 0 Å². The first kappa shape index (κ1) is 15.6. The van der Waals surface area contributed by atoms with Gasteiger partial charge in [-0.1, -0.05) is 0 Å². The number of halogens is 1. The second-order valence-corrected chi connectivity index (χ2v) is 5.89. The van der Waals surface area contributed by atoms with Gasteiger partial charge in [0, 0.05) is 19.2 Å². The summed E-state index contributed by atoms with van der Waals surface area (Å²) in [7, 11) is 0. The molecule has 3 N–H and O–H groups in total. The normalized spacial score (nSPS) is 14.9. The van der Waals surface area contributed by atoms with Crippen LogP contribution in [0.2, 0.25) is 0 Å². The summed E-state index contributed by atoms with van der Waals surface area (Å²) in [4.78, 5) is 21.5. The molecule has 1 aliphatic rings. The maximum Gasteiger partial charge on any atom is 0.322 e. The molecule has 2 aromatic heterocycles. The number of benzene rings is 1. The number of ether oxygens (including phenoxy) is 1. The third kappa shape index (κ3) is 2.93. The standard InChI is InChI=1S/C16H17FN6O2/c1-9-6-11-12(7-10(9)17)20-15(19-11)14-13(8-18-22-14)21-16(24)23-2-4-25-5-3-23/h6-8H,2-5H2,1H3,(H,18,22)(H,19,20)(H,21,24). The number of imidazole rings is 1. The van der Waals surface area contributed by atoms with Gasteiger partial charge in [0.15, 0.2) is 5.82 Å². The van der Waals surface area contributed by atoms with Gasteiger partial charge in [0.2, 0.25) is 0 Å². The molecule has 1 saturated heterocycles. The quantitative estimate of drug-likeness (QED) is 0.664. The van der Waals surface area contributed by atoms with Crippen molar-refractivity contribution in [2.75, 3.05) is 31.6 Å². The van der Waals surface area contributed by atoms with Gasteiger partial charge in [0.05, 0.1) is 36.1 Å². The summed E-state index contributed by atoms with van der Waals surface area (Å²) in [6.45, 7) is 3.84. The van der Waals surface area contributed by atoms with E-state index in [1.807, 2.05) is 0 Å². The molecule has 0 saturated carbocycles. The Morgan fingerprint density at radius 3 is 2.96 bits per heavy atom. The molecule has 8 nitrogen and oxygen atoms in total. The summed E-state index contributed by atoms with van der Waals surface area (Å²) in [6.07, 6.45) is 1.52. The lowest BCUT2D eigenvalue weighted by Gasteiger charge is -2.26. The average Bonchev–Trinajstić information content (AvgIpc) is 3.22. The van der Waals surface area contributed by atoms with Gasteiger partial charge in [0.25, 0.3) is 0 Å². The lowest BCUT2D eigenvalue weighted by atomic mass is 10.2. The minimum Gasteiger partial charge on any atom is -0.378 e. The average molecular weight is 344 g/mol. The highest BCUT2D eigenvalue weighted by Crippen LogP contribution is 2.26. The van der Waals surface area contributed by atoms with E-state index in [0.29, 0.717) is 60.1 Å². The van der Waals surface area contributed by atoms with Gasteiger partial charge in [-0.05, 0) is 18.6 Å². The van der Waals surface area contributed by atoms with E-state index in [1.54, 1.807) is 17.9 Å². The van der Waals surface area contributed by atoms with Gasteiger partial charge >= 0.3 is 6.03 Å². The van der Waals surface area contributed by atoms with E-state index in [1.165, 1.54) is 12.3 Å². The van der Waals surface area contributed by atoms with Crippen LogP contribution in [0.5, 0.6) is 0 Å². The van der Waals surface area contributed by atoms with Gasteiger partial charge in [-0.25, -0.2) is 14.2 Å². The zero-order chi connectivity index (χ0) is 17.4. The van der Waals surface area contributed by atoms with Gasteiger partial charge in [-0.2, -0.15) is 5.10 Å². The molecular formula is C16H17FN6O2. The van der Waals surface area contributed by atoms with Crippen molar-refractivity contribution in [3.8, 4) is 11.5 Å². The van der Waals surface area contributed by atoms with Crippen molar-refractivity contribution in [1.29, 1.82) is 0 Å². The number of fused-ring (bicyclic) bond motifs is 1. The molecule has 9 heteroatoms. The van der Waals surface area contributed by atoms with E-state index in [-0.39, 0.29) is 11.8 Å². The largest absolute Gasteiger partial charge is 0.378 e. The SMILES string of the molecule is Cc1cc2[nH]c(-c3[nH]ncc3NC(=O)N3CCOCC3)nc2cc1F. The van der Waals surface area contributed by atoms with Crippen LogP contribution in [0.1, 0.15) is 5.56 Å². The number of rotatable bonds is 2. The molecule has 25 heavy (non-hydrogen) atoms. The Bertz CT molecular complexity index is 889. The maximum absolute atomic E-state index is 13.7. The van der Waals surface area contributed by atoms with Crippen molar-refractivity contribution in [3.05, 3.63) is 29.7 Å². The Balaban J connectivity index is 1.61. The first-order chi connectivity index (χ1) is 12.1. The number of carbonyl (C=O) groups excluding carboxylic acids is 1. The van der Waals surface area contributed by atoms with Gasteiger partial charge in [-0.15, -0.1) is 0 Å². The fraction of sp³-hybridized carbons (Fsp3) is 0.312. The van der Waals surface area contributed by atoms with E-state index >= 15 is 0 Å². The number of aromatic nitrogens is 4. The van der Waals surface area contributed by atoms with Crippen LogP contribution in [0, 0.1) is 12.7 Å². The molecule has 4 rings (SSSR count). The molecule has 1 aliphatic heterocycles. The van der Waals surface area contributed by atoms with Crippen molar-refractivity contribution < 1.29 is 13.9 Å². The number of aryl methyl sites for hydroxylation is 1. The molecule has 0 radical (unpaired) electrons. The highest BCUT2D eigenvalue weighted by atomic mass is 19.1. The molecule has 0 bridgehead atoms. The predicted molar refractivity (Wildman–Crippen MR) is 89.8 cm³/mol. The third-order valence-corrected chi connectivity index (χ3v) is 4.18. The van der Waals surface area contributed by atoms with Gasteiger partial charge in [-0.3, -0.25) is 5.10 Å². The zero-order valence-corrected chi connectivity index (χ0v) is 13.6. The Morgan fingerprint density at radius 1 is 1.36 bits per heavy atom. The smallest absolute Gasteiger partial charge is 0.322 e. The van der Waals surface area contributed by atoms with Crippen molar-refractivity contribution in [2.45, 2.75) is 6.92 Å². The lowest BCUT2D eigenvalue weighted by Crippen LogP contribution is -2.43. The Hall–Kier alpha value is -2.94. The molecular weight excluding hydrogens is 327 g/mol. The van der Waals surface area contributed by atoms with Crippen LogP contribution in [-0.2, 0) is 4.74 Å². The van der Waals surface area contributed by atoms with Crippen LogP contribution < -0.4 is 5.32 Å². The van der Waals surface area contributed by atoms with E-state index in [4.69, 9.17) is 4.74 Å². The minimum atomic E-state index is -0.309. The third-order valence-electron chi connectivity index (χ3n) is 4.18. The van der Waals surface area contributed by atoms with Crippen LogP contribution in [0.3, 0.4) is 0 Å². The first-order valence-corrected chi connectivity index (χ1v) is 7.95. The molecule has 0 atom stereocenters. The number of urea groups is 1. The van der Waals surface area contributed by atoms with Crippen LogP contribution in [0.25, 0.3) is 22.6 Å². The molecule has 130 valence electrons. The number of nitrogens with one attached hydrogen (secondary N) is 3. The van der Waals surface area contributed by atoms with E-state index < -0.39 is 0 Å². The fourth-order valence-electron chi connectivity index (χ4n) is 2.78. The van der Waals surface area contributed by atoms with Crippen LogP contribution in [-0.4, -0.2) is 57.4 Å². The van der Waals surface area contributed by atoms with Crippen molar-refractivity contribution in [1.82, 2.24) is 25.1 Å². The monoisotopic (exact) mass is 344 g/mol. The number of hydrogen-bond acceptors (Lipinski definition) is 4. The summed E-state index contributed by atoms with van der Waals surface area (Å²) in [6, 6.07) is 2.86. The summed E-state index contributed by atoms with van der Waals surface area (Å²) in [5.41, 5.74) is 2.81. The van der Waals surface area contributed by atoms with Gasteiger partial charge < -0.3 is 19.9 Å². The zero-order valence-electron chi connectivity index (χ0n) is 13.6. The Kier molecular flexibility index (Phi) is 3.85. The molecule has 2 amide bonds. The van der Waals surface area contributed by atoms with Gasteiger partial charge in [0.1, 0.15) is 11.5 Å². The van der Waals surface area contributed by atoms with Crippen molar-refractivity contribution in [2.24, 2.45) is 0 Å². The molecule has 0 spiro atoms. The Morgan fingerprint density at radius 2 is 2.16 bits per heavy atom. The van der Waals surface area contributed by atoms with Crippen molar-refractivity contribution in [3.63, 3.8) is 0 Å². The second kappa shape index (κ2) is 6.17. The van der Waals surface area contributed by atoms with Crippen molar-refractivity contribution >= 4 is 22.8 Å². The van der Waals surface area contributed by atoms with E-state index in [2.05, 4.69) is 25.5 Å². The molecule has 1 aromatic carbocycles. The summed E-state index contributed by atoms with van der Waals surface area (Å²) in [5, 5.41) is 9.64. The van der Waals surface area contributed by atoms with E-state index in [0.717, 1.165) is 0 Å². The number of anilines is 1. The highest BCUT2D eigenvalue weighted by Gasteiger charge is 2.20. The van der Waals surface area contributed by atoms with Crippen LogP contribution in [0.15, 0.2) is 18.3 Å². The number of nitrogens with zero attached hydrogens (tertiary/aromatic N) is 3. The Labute approximate surface area is 142 Å². The molecule has 0 aliphatic carbocycles. The summed E-state index contributed by atoms with van der Waals surface area (Å²) in [5.74, 6) is 0.172. The number of carbonyl (C=O) groups is 1. The molecule has 0 unspecified atom stereocenters. The predicted octanol–water partition coefficient (Wildman–Crippen LogP) is 2.26. The number of amides is 2. The lowest BCUT2D eigenvalue weighted by molar-refractivity contribution is 0.0564. The number of morpholine rings is 1. The second-order valence-electron chi connectivity index (χ2n) is 5.89. The molecule has 3 aromatic rings. The fourth-order valence-corrected chi connectivity index (χ4v) is 2.78. The topological polar surface area (TPSA) is 98.9 Å². The minimum absolute atomic E-state index is 0.219. The highest BCUT2D eigenvalue weighted by molar-refractivity contribution is 5.93. The van der Waals surface area contributed by atoms with E-state index in [9.17, 15) is 9.18 Å². The summed E-state index contributed by atoms with van der Waals surface area (Å²) < 4.78 is 19.0. The maximum atomic E-state index is 13.7. The molecule has 3 heterocycles. The first-order valence-electron chi connectivity index (χ1n) is 7.95. The number of aromatic amines is 2.